The van der Waals surface area contributed by atoms with Crippen molar-refractivity contribution in [1.82, 2.24) is 9.78 Å². The van der Waals surface area contributed by atoms with E-state index < -0.39 is 0 Å². The quantitative estimate of drug-likeness (QED) is 0.274. The lowest BCUT2D eigenvalue weighted by Crippen LogP contribution is -2.46. The van der Waals surface area contributed by atoms with E-state index in [1.54, 1.807) is 6.07 Å². The zero-order valence-corrected chi connectivity index (χ0v) is 21.6. The van der Waals surface area contributed by atoms with Crippen LogP contribution in [0.15, 0.2) is 113 Å². The van der Waals surface area contributed by atoms with Gasteiger partial charge in [-0.25, -0.2) is 14.7 Å². The fourth-order valence-corrected chi connectivity index (χ4v) is 5.33. The molecule has 7 nitrogen and oxygen atoms in total. The Morgan fingerprint density at radius 2 is 1.56 bits per heavy atom. The molecule has 0 fully saturated rings. The van der Waals surface area contributed by atoms with Gasteiger partial charge in [-0.1, -0.05) is 60.2 Å². The third-order valence-electron chi connectivity index (χ3n) is 7.14. The van der Waals surface area contributed by atoms with Gasteiger partial charge in [0.1, 0.15) is 5.75 Å². The number of aromatic hydroxyl groups is 1. The number of para-hydroxylation sites is 3. The molecule has 7 heteroatoms. The Hall–Kier alpha value is -5.17. The van der Waals surface area contributed by atoms with E-state index in [1.165, 1.54) is 5.56 Å². The van der Waals surface area contributed by atoms with Crippen molar-refractivity contribution in [3.63, 3.8) is 0 Å². The van der Waals surface area contributed by atoms with Crippen molar-refractivity contribution >= 4 is 34.6 Å². The van der Waals surface area contributed by atoms with Crippen LogP contribution in [0.5, 0.6) is 5.75 Å². The average Bonchev–Trinajstić information content (AvgIpc) is 3.29. The maximum Gasteiger partial charge on any atom is 0.179 e. The van der Waals surface area contributed by atoms with Crippen molar-refractivity contribution in [2.24, 2.45) is 9.98 Å². The van der Waals surface area contributed by atoms with Crippen LogP contribution in [-0.4, -0.2) is 26.6 Å². The van der Waals surface area contributed by atoms with Gasteiger partial charge in [0.05, 0.1) is 28.8 Å². The van der Waals surface area contributed by atoms with Gasteiger partial charge < -0.3 is 15.3 Å². The largest absolute Gasteiger partial charge is 0.508 e. The van der Waals surface area contributed by atoms with Gasteiger partial charge in [-0.15, -0.1) is 0 Å². The van der Waals surface area contributed by atoms with Crippen LogP contribution in [0.1, 0.15) is 28.4 Å². The molecule has 190 valence electrons. The molecule has 1 aromatic heterocycles. The van der Waals surface area contributed by atoms with Gasteiger partial charge in [-0.2, -0.15) is 5.10 Å². The molecule has 0 bridgehead atoms. The SMILES string of the molecule is Cc1ccc(NC2=Nc3ccccc3N3C2=Nc2c(c(C)nn2-c2ccccc2)[C@@H]3c2cccc(O)c2)cc1. The van der Waals surface area contributed by atoms with E-state index in [2.05, 4.69) is 35.3 Å². The molecular formula is C32H26N6O. The molecular weight excluding hydrogens is 484 g/mol. The van der Waals surface area contributed by atoms with E-state index in [1.807, 2.05) is 90.5 Å². The Morgan fingerprint density at radius 3 is 2.36 bits per heavy atom. The second-order valence-electron chi connectivity index (χ2n) is 9.81. The number of rotatable bonds is 3. The first kappa shape index (κ1) is 23.0. The maximum absolute atomic E-state index is 10.5. The van der Waals surface area contributed by atoms with Crippen molar-refractivity contribution in [2.75, 3.05) is 10.2 Å². The fraction of sp³-hybridized carbons (Fsp3) is 0.0938. The van der Waals surface area contributed by atoms with Crippen LogP contribution in [0.3, 0.4) is 0 Å². The Kier molecular flexibility index (Phi) is 5.30. The predicted molar refractivity (Wildman–Crippen MR) is 156 cm³/mol. The first-order chi connectivity index (χ1) is 19.1. The zero-order chi connectivity index (χ0) is 26.5. The van der Waals surface area contributed by atoms with Crippen molar-refractivity contribution in [2.45, 2.75) is 19.9 Å². The summed E-state index contributed by atoms with van der Waals surface area (Å²) < 4.78 is 1.90. The summed E-state index contributed by atoms with van der Waals surface area (Å²) in [6.07, 6.45) is 0. The molecule has 5 aromatic rings. The topological polar surface area (TPSA) is 78.0 Å². The van der Waals surface area contributed by atoms with Crippen molar-refractivity contribution < 1.29 is 5.11 Å². The smallest absolute Gasteiger partial charge is 0.179 e. The number of nitrogens with zero attached hydrogens (tertiary/aromatic N) is 5. The summed E-state index contributed by atoms with van der Waals surface area (Å²) in [5.41, 5.74) is 7.61. The van der Waals surface area contributed by atoms with Crippen LogP contribution < -0.4 is 10.2 Å². The van der Waals surface area contributed by atoms with Gasteiger partial charge in [0.15, 0.2) is 17.5 Å². The molecule has 7 rings (SSSR count). The molecule has 0 radical (unpaired) electrons. The molecule has 0 amide bonds. The second kappa shape index (κ2) is 8.99. The van der Waals surface area contributed by atoms with Crippen LogP contribution >= 0.6 is 0 Å². The molecule has 0 saturated heterocycles. The van der Waals surface area contributed by atoms with Crippen molar-refractivity contribution in [1.29, 1.82) is 0 Å². The minimum Gasteiger partial charge on any atom is -0.508 e. The van der Waals surface area contributed by atoms with E-state index in [-0.39, 0.29) is 11.8 Å². The zero-order valence-electron chi connectivity index (χ0n) is 21.6. The summed E-state index contributed by atoms with van der Waals surface area (Å²) in [7, 11) is 0. The van der Waals surface area contributed by atoms with Gasteiger partial charge in [-0.05, 0) is 67.9 Å². The molecule has 2 N–H and O–H groups in total. The fourth-order valence-electron chi connectivity index (χ4n) is 5.33. The van der Waals surface area contributed by atoms with Crippen LogP contribution in [0, 0.1) is 13.8 Å². The highest BCUT2D eigenvalue weighted by Gasteiger charge is 2.41. The van der Waals surface area contributed by atoms with Gasteiger partial charge >= 0.3 is 0 Å². The Morgan fingerprint density at radius 1 is 0.795 bits per heavy atom. The number of amidine groups is 2. The third-order valence-corrected chi connectivity index (χ3v) is 7.14. The third kappa shape index (κ3) is 3.87. The number of nitrogens with one attached hydrogen (secondary N) is 1. The van der Waals surface area contributed by atoms with Crippen LogP contribution in [0.25, 0.3) is 5.69 Å². The standard InChI is InChI=1S/C32H26N6O/c1-20-15-17-23(18-16-20)33-30-32-35-31-28(21(2)36-38(31)24-10-4-3-5-11-24)29(22-9-8-12-25(39)19-22)37(32)27-14-7-6-13-26(27)34-30/h3-19,29,39H,1-2H3,(H,33,34)/t29-/m0/s1. The minimum atomic E-state index is -0.288. The van der Waals surface area contributed by atoms with Crippen molar-refractivity contribution in [3.05, 3.63) is 126 Å². The van der Waals surface area contributed by atoms with Gasteiger partial charge in [0, 0.05) is 11.3 Å². The van der Waals surface area contributed by atoms with E-state index >= 15 is 0 Å². The van der Waals surface area contributed by atoms with Crippen LogP contribution in [-0.2, 0) is 0 Å². The molecule has 0 saturated carbocycles. The van der Waals surface area contributed by atoms with Crippen molar-refractivity contribution in [3.8, 4) is 11.4 Å². The molecule has 39 heavy (non-hydrogen) atoms. The number of hydrogen-bond donors (Lipinski definition) is 2. The van der Waals surface area contributed by atoms with Gasteiger partial charge in [-0.3, -0.25) is 0 Å². The predicted octanol–water partition coefficient (Wildman–Crippen LogP) is 6.99. The summed E-state index contributed by atoms with van der Waals surface area (Å²) in [4.78, 5) is 12.5. The minimum absolute atomic E-state index is 0.211. The van der Waals surface area contributed by atoms with Crippen LogP contribution in [0.2, 0.25) is 0 Å². The van der Waals surface area contributed by atoms with E-state index in [0.29, 0.717) is 11.7 Å². The van der Waals surface area contributed by atoms with E-state index in [0.717, 1.165) is 45.4 Å². The molecule has 1 atom stereocenters. The Balaban J connectivity index is 1.50. The summed E-state index contributed by atoms with van der Waals surface area (Å²) in [6, 6.07) is 33.5. The molecule has 2 aliphatic rings. The Labute approximate surface area is 226 Å². The van der Waals surface area contributed by atoms with E-state index in [4.69, 9.17) is 15.1 Å². The highest BCUT2D eigenvalue weighted by Crippen LogP contribution is 2.48. The first-order valence-electron chi connectivity index (χ1n) is 12.9. The molecule has 0 spiro atoms. The molecule has 0 aliphatic carbocycles. The summed E-state index contributed by atoms with van der Waals surface area (Å²) in [5, 5.41) is 19.0. The number of aryl methyl sites for hydroxylation is 2. The lowest BCUT2D eigenvalue weighted by atomic mass is 9.93. The van der Waals surface area contributed by atoms with Gasteiger partial charge in [0.2, 0.25) is 0 Å². The number of hydrogen-bond acceptors (Lipinski definition) is 6. The summed E-state index contributed by atoms with van der Waals surface area (Å²) in [6.45, 7) is 4.09. The molecule has 3 heterocycles. The monoisotopic (exact) mass is 510 g/mol. The second-order valence-corrected chi connectivity index (χ2v) is 9.81. The number of anilines is 2. The number of aromatic nitrogens is 2. The lowest BCUT2D eigenvalue weighted by Gasteiger charge is -2.40. The Bertz CT molecular complexity index is 1770. The van der Waals surface area contributed by atoms with Crippen LogP contribution in [0.4, 0.5) is 22.9 Å². The van der Waals surface area contributed by atoms with Gasteiger partial charge in [0.25, 0.3) is 0 Å². The molecule has 2 aliphatic heterocycles. The number of phenolic OH excluding ortho intramolecular Hbond substituents is 1. The van der Waals surface area contributed by atoms with E-state index in [9.17, 15) is 5.11 Å². The summed E-state index contributed by atoms with van der Waals surface area (Å²) >= 11 is 0. The number of phenols is 1. The lowest BCUT2D eigenvalue weighted by molar-refractivity contribution is 0.474. The number of benzene rings is 4. The molecule has 0 unspecified atom stereocenters. The summed E-state index contributed by atoms with van der Waals surface area (Å²) in [5.74, 6) is 2.29. The number of fused-ring (bicyclic) bond motifs is 4. The highest BCUT2D eigenvalue weighted by molar-refractivity contribution is 6.51. The highest BCUT2D eigenvalue weighted by atomic mass is 16.3. The maximum atomic E-state index is 10.5. The normalized spacial score (nSPS) is 15.5. The molecule has 4 aromatic carbocycles. The average molecular weight is 511 g/mol. The first-order valence-corrected chi connectivity index (χ1v) is 12.9. The number of aliphatic imine (C=N–C) groups is 2.